The summed E-state index contributed by atoms with van der Waals surface area (Å²) in [6.07, 6.45) is 9.45. The van der Waals surface area contributed by atoms with Crippen molar-refractivity contribution in [2.24, 2.45) is 17.2 Å². The summed E-state index contributed by atoms with van der Waals surface area (Å²) < 4.78 is 0. The molecule has 0 heterocycles. The van der Waals surface area contributed by atoms with Crippen LogP contribution < -0.4 is 17.2 Å². The van der Waals surface area contributed by atoms with Crippen molar-refractivity contribution in [3.63, 3.8) is 0 Å². The first-order valence-electron chi connectivity index (χ1n) is 6.38. The van der Waals surface area contributed by atoms with Crippen molar-refractivity contribution in [1.29, 1.82) is 0 Å². The first-order valence-corrected chi connectivity index (χ1v) is 6.38. The largest absolute Gasteiger partial charge is 0.330 e. The number of hydrogen-bond donors (Lipinski definition) is 3. The molecular weight excluding hydrogens is 186 g/mol. The predicted octanol–water partition coefficient (Wildman–Crippen LogP) is 1.74. The average Bonchev–Trinajstić information content (AvgIpc) is 2.19. The topological polar surface area (TPSA) is 78.1 Å². The van der Waals surface area contributed by atoms with Gasteiger partial charge in [0.1, 0.15) is 0 Å². The highest BCUT2D eigenvalue weighted by Gasteiger charge is 2.02. The van der Waals surface area contributed by atoms with Gasteiger partial charge in [-0.05, 0) is 39.2 Å². The molecule has 0 saturated heterocycles. The smallest absolute Gasteiger partial charge is 0.00388 e. The van der Waals surface area contributed by atoms with Gasteiger partial charge in [-0.1, -0.05) is 25.7 Å². The SMILES string of the molecule is CC(N)CCCCC(N)CCCCCN. The van der Waals surface area contributed by atoms with E-state index in [9.17, 15) is 0 Å². The average molecular weight is 215 g/mol. The molecule has 0 bridgehead atoms. The third kappa shape index (κ3) is 11.8. The first kappa shape index (κ1) is 14.9. The van der Waals surface area contributed by atoms with Gasteiger partial charge in [0.15, 0.2) is 0 Å². The molecule has 3 heteroatoms. The molecule has 3 nitrogen and oxygen atoms in total. The molecule has 0 spiro atoms. The van der Waals surface area contributed by atoms with Gasteiger partial charge >= 0.3 is 0 Å². The second-order valence-corrected chi connectivity index (χ2v) is 4.66. The summed E-state index contributed by atoms with van der Waals surface area (Å²) in [6.45, 7) is 2.87. The third-order valence-corrected chi connectivity index (χ3v) is 2.76. The summed E-state index contributed by atoms with van der Waals surface area (Å²) in [5.74, 6) is 0. The summed E-state index contributed by atoms with van der Waals surface area (Å²) >= 11 is 0. The summed E-state index contributed by atoms with van der Waals surface area (Å²) in [7, 11) is 0. The number of nitrogens with two attached hydrogens (primary N) is 3. The predicted molar refractivity (Wildman–Crippen MR) is 67.6 cm³/mol. The maximum Gasteiger partial charge on any atom is 0.00388 e. The Labute approximate surface area is 94.8 Å². The fourth-order valence-electron chi connectivity index (χ4n) is 1.74. The molecule has 0 amide bonds. The molecule has 0 saturated carbocycles. The molecule has 0 rings (SSSR count). The van der Waals surface area contributed by atoms with Crippen LogP contribution in [0.25, 0.3) is 0 Å². The van der Waals surface area contributed by atoms with E-state index in [-0.39, 0.29) is 0 Å². The highest BCUT2D eigenvalue weighted by Crippen LogP contribution is 2.09. The normalized spacial score (nSPS) is 15.2. The lowest BCUT2D eigenvalue weighted by molar-refractivity contribution is 0.487. The Morgan fingerprint density at radius 2 is 1.33 bits per heavy atom. The van der Waals surface area contributed by atoms with Crippen LogP contribution in [0.4, 0.5) is 0 Å². The molecule has 0 aromatic carbocycles. The van der Waals surface area contributed by atoms with Crippen LogP contribution >= 0.6 is 0 Å². The number of hydrogen-bond acceptors (Lipinski definition) is 3. The molecule has 0 aliphatic rings. The van der Waals surface area contributed by atoms with E-state index >= 15 is 0 Å². The van der Waals surface area contributed by atoms with E-state index in [4.69, 9.17) is 17.2 Å². The van der Waals surface area contributed by atoms with Gasteiger partial charge in [-0.15, -0.1) is 0 Å². The van der Waals surface area contributed by atoms with Crippen LogP contribution in [-0.4, -0.2) is 18.6 Å². The van der Waals surface area contributed by atoms with Crippen LogP contribution in [-0.2, 0) is 0 Å². The quantitative estimate of drug-likeness (QED) is 0.486. The van der Waals surface area contributed by atoms with E-state index < -0.39 is 0 Å². The van der Waals surface area contributed by atoms with Gasteiger partial charge in [-0.25, -0.2) is 0 Å². The Morgan fingerprint density at radius 3 is 1.87 bits per heavy atom. The van der Waals surface area contributed by atoms with Crippen molar-refractivity contribution in [3.8, 4) is 0 Å². The maximum absolute atomic E-state index is 6.01. The highest BCUT2D eigenvalue weighted by molar-refractivity contribution is 4.63. The fourth-order valence-corrected chi connectivity index (χ4v) is 1.74. The van der Waals surface area contributed by atoms with Gasteiger partial charge in [-0.3, -0.25) is 0 Å². The van der Waals surface area contributed by atoms with E-state index in [0.29, 0.717) is 12.1 Å². The zero-order valence-corrected chi connectivity index (χ0v) is 10.3. The van der Waals surface area contributed by atoms with Crippen molar-refractivity contribution >= 4 is 0 Å². The van der Waals surface area contributed by atoms with Crippen molar-refractivity contribution in [3.05, 3.63) is 0 Å². The van der Waals surface area contributed by atoms with Crippen LogP contribution in [0.3, 0.4) is 0 Å². The summed E-state index contributed by atoms with van der Waals surface area (Å²) in [5, 5.41) is 0. The van der Waals surface area contributed by atoms with Crippen LogP contribution in [0, 0.1) is 0 Å². The number of rotatable bonds is 10. The zero-order chi connectivity index (χ0) is 11.5. The Morgan fingerprint density at radius 1 is 0.800 bits per heavy atom. The van der Waals surface area contributed by atoms with Gasteiger partial charge < -0.3 is 17.2 Å². The Bertz CT molecular complexity index is 126. The van der Waals surface area contributed by atoms with E-state index in [2.05, 4.69) is 6.92 Å². The van der Waals surface area contributed by atoms with E-state index in [0.717, 1.165) is 32.2 Å². The van der Waals surface area contributed by atoms with E-state index in [1.807, 2.05) is 0 Å². The van der Waals surface area contributed by atoms with Gasteiger partial charge in [0, 0.05) is 12.1 Å². The molecule has 6 N–H and O–H groups in total. The van der Waals surface area contributed by atoms with Crippen LogP contribution in [0.5, 0.6) is 0 Å². The van der Waals surface area contributed by atoms with E-state index in [1.165, 1.54) is 25.7 Å². The minimum Gasteiger partial charge on any atom is -0.330 e. The lowest BCUT2D eigenvalue weighted by atomic mass is 10.0. The molecular formula is C12H29N3. The lowest BCUT2D eigenvalue weighted by Crippen LogP contribution is -2.20. The monoisotopic (exact) mass is 215 g/mol. The number of unbranched alkanes of at least 4 members (excludes halogenated alkanes) is 3. The molecule has 0 aliphatic heterocycles. The van der Waals surface area contributed by atoms with Gasteiger partial charge in [0.05, 0.1) is 0 Å². The maximum atomic E-state index is 6.01. The zero-order valence-electron chi connectivity index (χ0n) is 10.3. The lowest BCUT2D eigenvalue weighted by Gasteiger charge is -2.11. The molecule has 2 unspecified atom stereocenters. The molecule has 2 atom stereocenters. The van der Waals surface area contributed by atoms with Gasteiger partial charge in [-0.2, -0.15) is 0 Å². The van der Waals surface area contributed by atoms with Crippen molar-refractivity contribution in [2.75, 3.05) is 6.54 Å². The van der Waals surface area contributed by atoms with E-state index in [1.54, 1.807) is 0 Å². The molecule has 0 aromatic heterocycles. The van der Waals surface area contributed by atoms with Crippen LogP contribution in [0.1, 0.15) is 58.3 Å². The summed E-state index contributed by atoms with van der Waals surface area (Å²) in [4.78, 5) is 0. The van der Waals surface area contributed by atoms with Crippen LogP contribution in [0.2, 0.25) is 0 Å². The first-order chi connectivity index (χ1) is 7.16. The molecule has 0 aromatic rings. The third-order valence-electron chi connectivity index (χ3n) is 2.76. The van der Waals surface area contributed by atoms with Crippen LogP contribution in [0.15, 0.2) is 0 Å². The molecule has 0 aliphatic carbocycles. The highest BCUT2D eigenvalue weighted by atomic mass is 14.6. The Hall–Kier alpha value is -0.120. The molecule has 92 valence electrons. The molecule has 15 heavy (non-hydrogen) atoms. The Balaban J connectivity index is 3.15. The van der Waals surface area contributed by atoms with Crippen molar-refractivity contribution in [1.82, 2.24) is 0 Å². The Kier molecular flexibility index (Phi) is 10.3. The standard InChI is InChI=1S/C12H29N3/c1-11(14)7-4-5-9-12(15)8-3-2-6-10-13/h11-12H,2-10,13-15H2,1H3. The van der Waals surface area contributed by atoms with Gasteiger partial charge in [0.25, 0.3) is 0 Å². The molecule has 0 fully saturated rings. The summed E-state index contributed by atoms with van der Waals surface area (Å²) in [5.41, 5.74) is 17.1. The van der Waals surface area contributed by atoms with Crippen molar-refractivity contribution in [2.45, 2.75) is 70.4 Å². The second-order valence-electron chi connectivity index (χ2n) is 4.66. The van der Waals surface area contributed by atoms with Crippen molar-refractivity contribution < 1.29 is 0 Å². The fraction of sp³-hybridized carbons (Fsp3) is 1.00. The molecule has 0 radical (unpaired) electrons. The summed E-state index contributed by atoms with van der Waals surface area (Å²) in [6, 6.07) is 0.724. The minimum absolute atomic E-state index is 0.339. The van der Waals surface area contributed by atoms with Gasteiger partial charge in [0.2, 0.25) is 0 Å². The minimum atomic E-state index is 0.339. The second kappa shape index (κ2) is 10.4.